The van der Waals surface area contributed by atoms with Gasteiger partial charge in [-0.3, -0.25) is 4.79 Å². The van der Waals surface area contributed by atoms with E-state index in [2.05, 4.69) is 5.32 Å². The van der Waals surface area contributed by atoms with Crippen LogP contribution in [0.2, 0.25) is 0 Å². The summed E-state index contributed by atoms with van der Waals surface area (Å²) in [5.41, 5.74) is 1.74. The number of benzene rings is 1. The molecule has 1 aromatic rings. The summed E-state index contributed by atoms with van der Waals surface area (Å²) in [7, 11) is 1.66. The molecule has 0 saturated heterocycles. The maximum atomic E-state index is 12.5. The van der Waals surface area contributed by atoms with Gasteiger partial charge in [-0.1, -0.05) is 19.1 Å². The Morgan fingerprint density at radius 1 is 1.48 bits per heavy atom. The molecule has 2 rings (SSSR count). The van der Waals surface area contributed by atoms with E-state index in [1.165, 1.54) is 0 Å². The van der Waals surface area contributed by atoms with E-state index in [1.54, 1.807) is 7.11 Å². The Morgan fingerprint density at radius 2 is 2.19 bits per heavy atom. The lowest BCUT2D eigenvalue weighted by atomic mass is 9.93. The second-order valence-electron chi connectivity index (χ2n) is 6.09. The number of aryl methyl sites for hydroxylation is 1. The summed E-state index contributed by atoms with van der Waals surface area (Å²) in [6.45, 7) is 4.81. The van der Waals surface area contributed by atoms with E-state index in [0.29, 0.717) is 18.9 Å². The SMILES string of the molecule is COc1cc(C2(C(=O)NCC(C)CCO)CC2)ccc1C. The van der Waals surface area contributed by atoms with Gasteiger partial charge < -0.3 is 15.2 Å². The van der Waals surface area contributed by atoms with Crippen LogP contribution >= 0.6 is 0 Å². The summed E-state index contributed by atoms with van der Waals surface area (Å²) in [6, 6.07) is 6.02. The number of ether oxygens (including phenoxy) is 1. The van der Waals surface area contributed by atoms with Gasteiger partial charge in [0.05, 0.1) is 12.5 Å². The van der Waals surface area contributed by atoms with Crippen LogP contribution in [0.3, 0.4) is 0 Å². The van der Waals surface area contributed by atoms with Crippen molar-refractivity contribution in [1.82, 2.24) is 5.32 Å². The molecule has 0 aliphatic heterocycles. The number of hydrogen-bond acceptors (Lipinski definition) is 3. The third kappa shape index (κ3) is 3.38. The summed E-state index contributed by atoms with van der Waals surface area (Å²) < 4.78 is 5.36. The zero-order valence-electron chi connectivity index (χ0n) is 13.1. The Labute approximate surface area is 126 Å². The third-order valence-corrected chi connectivity index (χ3v) is 4.38. The average molecular weight is 291 g/mol. The maximum absolute atomic E-state index is 12.5. The van der Waals surface area contributed by atoms with E-state index in [9.17, 15) is 4.79 Å². The number of carbonyl (C=O) groups is 1. The van der Waals surface area contributed by atoms with Crippen molar-refractivity contribution in [2.45, 2.75) is 38.5 Å². The Morgan fingerprint density at radius 3 is 2.76 bits per heavy atom. The highest BCUT2D eigenvalue weighted by Gasteiger charge is 2.51. The molecule has 1 unspecified atom stereocenters. The van der Waals surface area contributed by atoms with Crippen molar-refractivity contribution in [1.29, 1.82) is 0 Å². The Hall–Kier alpha value is -1.55. The van der Waals surface area contributed by atoms with Crippen LogP contribution in [0.5, 0.6) is 5.75 Å². The molecule has 0 spiro atoms. The average Bonchev–Trinajstić information content (AvgIpc) is 3.27. The van der Waals surface area contributed by atoms with E-state index in [-0.39, 0.29) is 17.9 Å². The molecule has 1 aromatic carbocycles. The molecule has 1 aliphatic carbocycles. The molecule has 0 aromatic heterocycles. The fourth-order valence-electron chi connectivity index (χ4n) is 2.65. The van der Waals surface area contributed by atoms with Crippen LogP contribution in [0, 0.1) is 12.8 Å². The summed E-state index contributed by atoms with van der Waals surface area (Å²) in [6.07, 6.45) is 2.49. The fourth-order valence-corrected chi connectivity index (χ4v) is 2.65. The Kier molecular flexibility index (Phi) is 4.88. The van der Waals surface area contributed by atoms with Crippen LogP contribution in [0.1, 0.15) is 37.3 Å². The van der Waals surface area contributed by atoms with Crippen LogP contribution in [0.15, 0.2) is 18.2 Å². The van der Waals surface area contributed by atoms with Crippen molar-refractivity contribution in [2.75, 3.05) is 20.3 Å². The molecule has 116 valence electrons. The number of rotatable bonds is 7. The molecule has 1 fully saturated rings. The Bertz CT molecular complexity index is 509. The number of nitrogens with one attached hydrogen (secondary N) is 1. The minimum Gasteiger partial charge on any atom is -0.496 e. The number of aliphatic hydroxyl groups excluding tert-OH is 1. The maximum Gasteiger partial charge on any atom is 0.230 e. The highest BCUT2D eigenvalue weighted by molar-refractivity contribution is 5.91. The minimum atomic E-state index is -0.375. The van der Waals surface area contributed by atoms with E-state index in [0.717, 1.165) is 29.7 Å². The van der Waals surface area contributed by atoms with Gasteiger partial charge in [-0.05, 0) is 49.3 Å². The minimum absolute atomic E-state index is 0.0956. The first-order valence-electron chi connectivity index (χ1n) is 7.58. The Balaban J connectivity index is 2.06. The molecular formula is C17H25NO3. The molecule has 1 amide bonds. The largest absolute Gasteiger partial charge is 0.496 e. The highest BCUT2D eigenvalue weighted by atomic mass is 16.5. The molecule has 4 heteroatoms. The van der Waals surface area contributed by atoms with Gasteiger partial charge in [0, 0.05) is 13.2 Å². The molecule has 4 nitrogen and oxygen atoms in total. The quantitative estimate of drug-likeness (QED) is 0.809. The molecule has 0 heterocycles. The standard InChI is InChI=1S/C17H25NO3/c1-12(6-9-19)11-18-16(20)17(7-8-17)14-5-4-13(2)15(10-14)21-3/h4-5,10,12,19H,6-9,11H2,1-3H3,(H,18,20). The van der Waals surface area contributed by atoms with Crippen molar-refractivity contribution in [2.24, 2.45) is 5.92 Å². The molecule has 2 N–H and O–H groups in total. The summed E-state index contributed by atoms with van der Waals surface area (Å²) in [5, 5.41) is 11.9. The van der Waals surface area contributed by atoms with Crippen LogP contribution in [-0.4, -0.2) is 31.3 Å². The number of carbonyl (C=O) groups excluding carboxylic acids is 1. The summed E-state index contributed by atoms with van der Waals surface area (Å²) >= 11 is 0. The van der Waals surface area contributed by atoms with Crippen molar-refractivity contribution < 1.29 is 14.6 Å². The van der Waals surface area contributed by atoms with E-state index < -0.39 is 0 Å². The molecular weight excluding hydrogens is 266 g/mol. The number of methoxy groups -OCH3 is 1. The van der Waals surface area contributed by atoms with Crippen molar-refractivity contribution in [3.63, 3.8) is 0 Å². The lowest BCUT2D eigenvalue weighted by Gasteiger charge is -2.19. The van der Waals surface area contributed by atoms with Gasteiger partial charge in [-0.25, -0.2) is 0 Å². The zero-order valence-corrected chi connectivity index (χ0v) is 13.1. The number of amides is 1. The molecule has 0 radical (unpaired) electrons. The van der Waals surface area contributed by atoms with Crippen molar-refractivity contribution >= 4 is 5.91 Å². The van der Waals surface area contributed by atoms with Gasteiger partial charge in [0.1, 0.15) is 5.75 Å². The van der Waals surface area contributed by atoms with Crippen molar-refractivity contribution in [3.05, 3.63) is 29.3 Å². The second kappa shape index (κ2) is 6.48. The molecule has 21 heavy (non-hydrogen) atoms. The first-order valence-corrected chi connectivity index (χ1v) is 7.58. The van der Waals surface area contributed by atoms with Crippen molar-refractivity contribution in [3.8, 4) is 5.75 Å². The van der Waals surface area contributed by atoms with Crippen LogP contribution < -0.4 is 10.1 Å². The van der Waals surface area contributed by atoms with Crippen LogP contribution in [-0.2, 0) is 10.2 Å². The lowest BCUT2D eigenvalue weighted by molar-refractivity contribution is -0.123. The first kappa shape index (κ1) is 15.8. The molecule has 1 saturated carbocycles. The third-order valence-electron chi connectivity index (χ3n) is 4.38. The van der Waals surface area contributed by atoms with Gasteiger partial charge in [-0.15, -0.1) is 0 Å². The van der Waals surface area contributed by atoms with E-state index in [4.69, 9.17) is 9.84 Å². The summed E-state index contributed by atoms with van der Waals surface area (Å²) in [4.78, 5) is 12.5. The normalized spacial score (nSPS) is 17.1. The molecule has 0 bridgehead atoms. The number of aliphatic hydroxyl groups is 1. The van der Waals surface area contributed by atoms with Gasteiger partial charge in [-0.2, -0.15) is 0 Å². The predicted octanol–water partition coefficient (Wildman–Crippen LogP) is 2.17. The van der Waals surface area contributed by atoms with Crippen LogP contribution in [0.4, 0.5) is 0 Å². The van der Waals surface area contributed by atoms with Gasteiger partial charge in [0.2, 0.25) is 5.91 Å². The number of hydrogen-bond donors (Lipinski definition) is 2. The molecule has 1 aliphatic rings. The van der Waals surface area contributed by atoms with E-state index >= 15 is 0 Å². The van der Waals surface area contributed by atoms with Gasteiger partial charge in [0.15, 0.2) is 0 Å². The van der Waals surface area contributed by atoms with Gasteiger partial charge >= 0.3 is 0 Å². The topological polar surface area (TPSA) is 58.6 Å². The first-order chi connectivity index (χ1) is 10.0. The zero-order chi connectivity index (χ0) is 15.5. The predicted molar refractivity (Wildman–Crippen MR) is 82.5 cm³/mol. The van der Waals surface area contributed by atoms with E-state index in [1.807, 2.05) is 32.0 Å². The van der Waals surface area contributed by atoms with Crippen LogP contribution in [0.25, 0.3) is 0 Å². The van der Waals surface area contributed by atoms with Gasteiger partial charge in [0.25, 0.3) is 0 Å². The molecule has 1 atom stereocenters. The smallest absolute Gasteiger partial charge is 0.230 e. The summed E-state index contributed by atoms with van der Waals surface area (Å²) in [5.74, 6) is 1.22. The fraction of sp³-hybridized carbons (Fsp3) is 0.588. The second-order valence-corrected chi connectivity index (χ2v) is 6.09. The lowest BCUT2D eigenvalue weighted by Crippen LogP contribution is -2.37. The monoisotopic (exact) mass is 291 g/mol. The highest BCUT2D eigenvalue weighted by Crippen LogP contribution is 2.49.